The van der Waals surface area contributed by atoms with Crippen LogP contribution in [-0.2, 0) is 20.7 Å². The number of ether oxygens (including phenoxy) is 2. The summed E-state index contributed by atoms with van der Waals surface area (Å²) in [6, 6.07) is 5.53. The van der Waals surface area contributed by atoms with Gasteiger partial charge in [-0.25, -0.2) is 0 Å². The number of benzene rings is 1. The van der Waals surface area contributed by atoms with E-state index in [4.69, 9.17) is 9.47 Å². The number of fused-ring (bicyclic) bond motifs is 1. The summed E-state index contributed by atoms with van der Waals surface area (Å²) in [7, 11) is 0. The Hall–Kier alpha value is -2.08. The molecule has 3 aliphatic rings. The molecule has 0 aromatic heterocycles. The number of anilines is 1. The molecule has 0 bridgehead atoms. The lowest BCUT2D eigenvalue weighted by Gasteiger charge is -2.38. The van der Waals surface area contributed by atoms with E-state index in [-0.39, 0.29) is 24.0 Å². The van der Waals surface area contributed by atoms with Crippen LogP contribution in [0.25, 0.3) is 0 Å². The van der Waals surface area contributed by atoms with Crippen LogP contribution >= 0.6 is 0 Å². The molecule has 24 heavy (non-hydrogen) atoms. The summed E-state index contributed by atoms with van der Waals surface area (Å²) in [6.07, 6.45) is 4.48. The number of nitrogens with zero attached hydrogens (tertiary/aromatic N) is 1. The van der Waals surface area contributed by atoms with Crippen molar-refractivity contribution < 1.29 is 19.1 Å². The summed E-state index contributed by atoms with van der Waals surface area (Å²) in [5, 5.41) is 2.78. The number of carbonyl (C=O) groups is 2. The quantitative estimate of drug-likeness (QED) is 0.897. The lowest BCUT2D eigenvalue weighted by atomic mass is 9.88. The number of hydrogen-bond donors (Lipinski definition) is 1. The van der Waals surface area contributed by atoms with Gasteiger partial charge in [0, 0.05) is 19.7 Å². The van der Waals surface area contributed by atoms with Crippen molar-refractivity contribution >= 4 is 17.5 Å². The third-order valence-corrected chi connectivity index (χ3v) is 5.24. The van der Waals surface area contributed by atoms with Gasteiger partial charge in [-0.05, 0) is 43.4 Å². The van der Waals surface area contributed by atoms with E-state index >= 15 is 0 Å². The number of piperidine rings is 1. The molecular formula is C18H22N2O4. The standard InChI is InChI=1S/C18H22N2O4/c21-16-12-23-15-3-2-13(10-14(15)19-16)11-17(22)20-7-5-18(6-8-20)4-1-9-24-18/h2-3,10H,1,4-9,11-12H2,(H,19,21). The van der Waals surface area contributed by atoms with Crippen LogP contribution < -0.4 is 10.1 Å². The van der Waals surface area contributed by atoms with Crippen molar-refractivity contribution in [3.8, 4) is 5.75 Å². The molecule has 0 aliphatic carbocycles. The Morgan fingerprint density at radius 3 is 2.83 bits per heavy atom. The Morgan fingerprint density at radius 2 is 2.08 bits per heavy atom. The number of carbonyl (C=O) groups excluding carboxylic acids is 2. The second-order valence-electron chi connectivity index (χ2n) is 6.86. The maximum Gasteiger partial charge on any atom is 0.262 e. The Balaban J connectivity index is 1.38. The highest BCUT2D eigenvalue weighted by atomic mass is 16.5. The molecule has 6 nitrogen and oxygen atoms in total. The smallest absolute Gasteiger partial charge is 0.262 e. The van der Waals surface area contributed by atoms with Crippen molar-refractivity contribution in [2.45, 2.75) is 37.7 Å². The molecule has 3 aliphatic heterocycles. The van der Waals surface area contributed by atoms with Crippen LogP contribution in [-0.4, -0.2) is 48.6 Å². The largest absolute Gasteiger partial charge is 0.482 e. The molecule has 0 atom stereocenters. The van der Waals surface area contributed by atoms with E-state index in [1.54, 1.807) is 0 Å². The lowest BCUT2D eigenvalue weighted by molar-refractivity contribution is -0.135. The van der Waals surface area contributed by atoms with E-state index < -0.39 is 0 Å². The first-order valence-electron chi connectivity index (χ1n) is 8.61. The predicted molar refractivity (Wildman–Crippen MR) is 88.0 cm³/mol. The number of rotatable bonds is 2. The van der Waals surface area contributed by atoms with Crippen LogP contribution in [0.15, 0.2) is 18.2 Å². The summed E-state index contributed by atoms with van der Waals surface area (Å²) in [6.45, 7) is 2.44. The van der Waals surface area contributed by atoms with E-state index in [9.17, 15) is 9.59 Å². The molecule has 2 saturated heterocycles. The van der Waals surface area contributed by atoms with Gasteiger partial charge in [-0.1, -0.05) is 6.07 Å². The van der Waals surface area contributed by atoms with E-state index in [1.165, 1.54) is 0 Å². The molecule has 0 saturated carbocycles. The van der Waals surface area contributed by atoms with Crippen molar-refractivity contribution in [3.63, 3.8) is 0 Å². The molecule has 6 heteroatoms. The zero-order valence-electron chi connectivity index (χ0n) is 13.7. The first-order valence-corrected chi connectivity index (χ1v) is 8.61. The van der Waals surface area contributed by atoms with Crippen LogP contribution in [0.3, 0.4) is 0 Å². The lowest BCUT2D eigenvalue weighted by Crippen LogP contribution is -2.46. The minimum atomic E-state index is -0.163. The van der Waals surface area contributed by atoms with Gasteiger partial charge in [-0.2, -0.15) is 0 Å². The van der Waals surface area contributed by atoms with Crippen LogP contribution in [0.5, 0.6) is 5.75 Å². The fourth-order valence-electron chi connectivity index (χ4n) is 3.84. The van der Waals surface area contributed by atoms with Gasteiger partial charge >= 0.3 is 0 Å². The summed E-state index contributed by atoms with van der Waals surface area (Å²) >= 11 is 0. The number of likely N-dealkylation sites (tertiary alicyclic amines) is 1. The molecule has 1 N–H and O–H groups in total. The monoisotopic (exact) mass is 330 g/mol. The SMILES string of the molecule is O=C1COc2ccc(CC(=O)N3CCC4(CCCO4)CC3)cc2N1. The first kappa shape index (κ1) is 15.4. The van der Waals surface area contributed by atoms with Crippen molar-refractivity contribution in [2.75, 3.05) is 31.6 Å². The Bertz CT molecular complexity index is 657. The summed E-state index contributed by atoms with van der Waals surface area (Å²) in [5.74, 6) is 0.624. The second kappa shape index (κ2) is 6.09. The van der Waals surface area contributed by atoms with Gasteiger partial charge in [0.15, 0.2) is 6.61 Å². The first-order chi connectivity index (χ1) is 11.6. The number of amides is 2. The summed E-state index contributed by atoms with van der Waals surface area (Å²) < 4.78 is 11.3. The van der Waals surface area contributed by atoms with Gasteiger partial charge in [0.2, 0.25) is 5.91 Å². The molecule has 4 rings (SSSR count). The second-order valence-corrected chi connectivity index (χ2v) is 6.86. The summed E-state index contributed by atoms with van der Waals surface area (Å²) in [5.41, 5.74) is 1.57. The van der Waals surface area contributed by atoms with Gasteiger partial charge in [0.25, 0.3) is 5.91 Å². The molecule has 0 unspecified atom stereocenters. The van der Waals surface area contributed by atoms with Crippen molar-refractivity contribution in [1.82, 2.24) is 4.90 Å². The van der Waals surface area contributed by atoms with Crippen LogP contribution in [0.2, 0.25) is 0 Å². The van der Waals surface area contributed by atoms with Crippen molar-refractivity contribution in [3.05, 3.63) is 23.8 Å². The minimum Gasteiger partial charge on any atom is -0.482 e. The highest BCUT2D eigenvalue weighted by Gasteiger charge is 2.39. The fraction of sp³-hybridized carbons (Fsp3) is 0.556. The van der Waals surface area contributed by atoms with Crippen molar-refractivity contribution in [2.24, 2.45) is 0 Å². The number of hydrogen-bond acceptors (Lipinski definition) is 4. The van der Waals surface area contributed by atoms with E-state index in [0.717, 1.165) is 50.9 Å². The number of nitrogens with one attached hydrogen (secondary N) is 1. The molecule has 128 valence electrons. The Labute approximate surface area is 141 Å². The Kier molecular flexibility index (Phi) is 3.92. The maximum absolute atomic E-state index is 12.6. The average molecular weight is 330 g/mol. The Morgan fingerprint density at radius 1 is 1.25 bits per heavy atom. The minimum absolute atomic E-state index is 0.0320. The van der Waals surface area contributed by atoms with Crippen LogP contribution in [0.1, 0.15) is 31.2 Å². The highest BCUT2D eigenvalue weighted by Crippen LogP contribution is 2.36. The third kappa shape index (κ3) is 2.98. The topological polar surface area (TPSA) is 67.9 Å². The van der Waals surface area contributed by atoms with Gasteiger partial charge in [0.05, 0.1) is 17.7 Å². The van der Waals surface area contributed by atoms with Gasteiger partial charge in [-0.3, -0.25) is 9.59 Å². The van der Waals surface area contributed by atoms with E-state index in [0.29, 0.717) is 17.9 Å². The molecule has 0 radical (unpaired) electrons. The molecule has 2 amide bonds. The molecule has 1 aromatic rings. The highest BCUT2D eigenvalue weighted by molar-refractivity contribution is 5.95. The van der Waals surface area contributed by atoms with Crippen LogP contribution in [0, 0.1) is 0 Å². The summed E-state index contributed by atoms with van der Waals surface area (Å²) in [4.78, 5) is 25.9. The maximum atomic E-state index is 12.6. The molecule has 3 heterocycles. The molecule has 1 spiro atoms. The van der Waals surface area contributed by atoms with E-state index in [1.807, 2.05) is 23.1 Å². The van der Waals surface area contributed by atoms with E-state index in [2.05, 4.69) is 5.32 Å². The predicted octanol–water partition coefficient (Wildman–Crippen LogP) is 1.73. The zero-order chi connectivity index (χ0) is 16.6. The normalized spacial score (nSPS) is 22.0. The third-order valence-electron chi connectivity index (χ3n) is 5.24. The molecule has 2 fully saturated rings. The van der Waals surface area contributed by atoms with Crippen LogP contribution in [0.4, 0.5) is 5.69 Å². The molecule has 1 aromatic carbocycles. The fourth-order valence-corrected chi connectivity index (χ4v) is 3.84. The van der Waals surface area contributed by atoms with Crippen molar-refractivity contribution in [1.29, 1.82) is 0 Å². The van der Waals surface area contributed by atoms with Gasteiger partial charge < -0.3 is 19.7 Å². The van der Waals surface area contributed by atoms with Gasteiger partial charge in [-0.15, -0.1) is 0 Å². The molecular weight excluding hydrogens is 308 g/mol. The van der Waals surface area contributed by atoms with Gasteiger partial charge in [0.1, 0.15) is 5.75 Å². The zero-order valence-corrected chi connectivity index (χ0v) is 13.7. The average Bonchev–Trinajstić information content (AvgIpc) is 3.03.